The van der Waals surface area contributed by atoms with Crippen LogP contribution in [0, 0.1) is 10.1 Å². The van der Waals surface area contributed by atoms with Crippen LogP contribution in [0.15, 0.2) is 18.2 Å². The molecule has 0 aromatic heterocycles. The highest BCUT2D eigenvalue weighted by Crippen LogP contribution is 2.34. The topological polar surface area (TPSA) is 89.4 Å². The summed E-state index contributed by atoms with van der Waals surface area (Å²) in [5.74, 6) is -0.372. The van der Waals surface area contributed by atoms with Crippen LogP contribution in [0.3, 0.4) is 0 Å². The number of nitro groups is 1. The van der Waals surface area contributed by atoms with E-state index < -0.39 is 29.2 Å². The summed E-state index contributed by atoms with van der Waals surface area (Å²) in [5, 5.41) is 19.7. The highest BCUT2D eigenvalue weighted by atomic mass is 19.4. The second kappa shape index (κ2) is 4.58. The molecule has 94 valence electrons. The Kier molecular flexibility index (Phi) is 3.56. The summed E-state index contributed by atoms with van der Waals surface area (Å²) < 4.78 is 36.3. The summed E-state index contributed by atoms with van der Waals surface area (Å²) in [7, 11) is 0. The molecule has 3 N–H and O–H groups in total. The number of aromatic hydroxyl groups is 1. The Labute approximate surface area is 93.8 Å². The van der Waals surface area contributed by atoms with Gasteiger partial charge in [-0.15, -0.1) is 0 Å². The van der Waals surface area contributed by atoms with Gasteiger partial charge in [0, 0.05) is 12.1 Å². The zero-order valence-corrected chi connectivity index (χ0v) is 8.44. The van der Waals surface area contributed by atoms with Gasteiger partial charge in [-0.3, -0.25) is 10.1 Å². The molecule has 0 spiro atoms. The van der Waals surface area contributed by atoms with Gasteiger partial charge in [0.2, 0.25) is 0 Å². The van der Waals surface area contributed by atoms with E-state index in [0.29, 0.717) is 0 Å². The maximum Gasteiger partial charge on any atom is 0.390 e. The van der Waals surface area contributed by atoms with Gasteiger partial charge in [-0.25, -0.2) is 0 Å². The van der Waals surface area contributed by atoms with Crippen LogP contribution in [0.1, 0.15) is 18.0 Å². The first kappa shape index (κ1) is 13.2. The maximum atomic E-state index is 12.1. The summed E-state index contributed by atoms with van der Waals surface area (Å²) in [6.45, 7) is 0. The summed E-state index contributed by atoms with van der Waals surface area (Å²) in [6, 6.07) is 1.22. The SMILES string of the molecule is N[C@H](CC(F)(F)F)c1cc(O)ccc1[N+](=O)[O-]. The van der Waals surface area contributed by atoms with Crippen molar-refractivity contribution in [2.45, 2.75) is 18.6 Å². The fraction of sp³-hybridized carbons (Fsp3) is 0.333. The molecule has 0 saturated heterocycles. The van der Waals surface area contributed by atoms with E-state index in [1.54, 1.807) is 0 Å². The van der Waals surface area contributed by atoms with Crippen LogP contribution in [0.2, 0.25) is 0 Å². The highest BCUT2D eigenvalue weighted by Gasteiger charge is 2.33. The summed E-state index contributed by atoms with van der Waals surface area (Å²) in [5.41, 5.74) is 4.37. The minimum Gasteiger partial charge on any atom is -0.508 e. The molecule has 17 heavy (non-hydrogen) atoms. The Morgan fingerprint density at radius 3 is 2.53 bits per heavy atom. The maximum absolute atomic E-state index is 12.1. The Balaban J connectivity index is 3.10. The van der Waals surface area contributed by atoms with Crippen LogP contribution >= 0.6 is 0 Å². The number of rotatable bonds is 3. The molecular weight excluding hydrogens is 241 g/mol. The van der Waals surface area contributed by atoms with Gasteiger partial charge in [0.05, 0.1) is 16.9 Å². The molecule has 1 rings (SSSR count). The van der Waals surface area contributed by atoms with Crippen molar-refractivity contribution >= 4 is 5.69 Å². The van der Waals surface area contributed by atoms with Crippen molar-refractivity contribution < 1.29 is 23.2 Å². The van der Waals surface area contributed by atoms with Crippen molar-refractivity contribution in [3.63, 3.8) is 0 Å². The Bertz CT molecular complexity index is 434. The molecule has 0 saturated carbocycles. The molecule has 1 aromatic rings. The van der Waals surface area contributed by atoms with Crippen molar-refractivity contribution in [3.05, 3.63) is 33.9 Å². The minimum absolute atomic E-state index is 0.340. The molecule has 0 heterocycles. The lowest BCUT2D eigenvalue weighted by Crippen LogP contribution is -2.21. The van der Waals surface area contributed by atoms with Gasteiger partial charge < -0.3 is 10.8 Å². The molecule has 0 bridgehead atoms. The first-order valence-electron chi connectivity index (χ1n) is 4.50. The molecule has 1 atom stereocenters. The molecule has 0 unspecified atom stereocenters. The Morgan fingerprint density at radius 2 is 2.06 bits per heavy atom. The molecule has 0 radical (unpaired) electrons. The van der Waals surface area contributed by atoms with Crippen LogP contribution in [0.4, 0.5) is 18.9 Å². The number of nitro benzene ring substituents is 1. The molecule has 0 amide bonds. The standard InChI is InChI=1S/C9H9F3N2O3/c10-9(11,12)4-7(13)6-3-5(15)1-2-8(6)14(16)17/h1-3,7,15H,4,13H2/t7-/m1/s1. The van der Waals surface area contributed by atoms with Crippen LogP contribution in [0.25, 0.3) is 0 Å². The van der Waals surface area contributed by atoms with Crippen LogP contribution < -0.4 is 5.73 Å². The molecule has 8 heteroatoms. The molecular formula is C9H9F3N2O3. The smallest absolute Gasteiger partial charge is 0.390 e. The molecule has 0 fully saturated rings. The molecule has 0 aliphatic carbocycles. The van der Waals surface area contributed by atoms with Gasteiger partial charge in [-0.1, -0.05) is 0 Å². The zero-order valence-electron chi connectivity index (χ0n) is 8.44. The van der Waals surface area contributed by atoms with E-state index >= 15 is 0 Å². The van der Waals surface area contributed by atoms with E-state index in [0.717, 1.165) is 18.2 Å². The second-order valence-corrected chi connectivity index (χ2v) is 3.43. The third kappa shape index (κ3) is 3.59. The van der Waals surface area contributed by atoms with E-state index in [4.69, 9.17) is 10.8 Å². The summed E-state index contributed by atoms with van der Waals surface area (Å²) in [4.78, 5) is 9.75. The first-order valence-corrected chi connectivity index (χ1v) is 4.50. The number of phenols is 1. The highest BCUT2D eigenvalue weighted by molar-refractivity contribution is 5.46. The summed E-state index contributed by atoms with van der Waals surface area (Å²) >= 11 is 0. The van der Waals surface area contributed by atoms with Crippen molar-refractivity contribution in [1.82, 2.24) is 0 Å². The van der Waals surface area contributed by atoms with Crippen molar-refractivity contribution in [2.24, 2.45) is 5.73 Å². The van der Waals surface area contributed by atoms with Crippen molar-refractivity contribution in [1.29, 1.82) is 0 Å². The zero-order chi connectivity index (χ0) is 13.2. The number of nitrogens with zero attached hydrogens (tertiary/aromatic N) is 1. The molecule has 5 nitrogen and oxygen atoms in total. The van der Waals surface area contributed by atoms with Gasteiger partial charge >= 0.3 is 6.18 Å². The predicted octanol–water partition coefficient (Wildman–Crippen LogP) is 2.25. The van der Waals surface area contributed by atoms with Gasteiger partial charge in [0.25, 0.3) is 5.69 Å². The number of halogens is 3. The molecule has 0 aliphatic rings. The summed E-state index contributed by atoms with van der Waals surface area (Å²) in [6.07, 6.45) is -5.92. The number of phenolic OH excluding ortho intramolecular Hbond substituents is 1. The second-order valence-electron chi connectivity index (χ2n) is 3.43. The number of benzene rings is 1. The fourth-order valence-electron chi connectivity index (χ4n) is 1.36. The van der Waals surface area contributed by atoms with Gasteiger partial charge in [0.15, 0.2) is 0 Å². The Morgan fingerprint density at radius 1 is 1.47 bits per heavy atom. The lowest BCUT2D eigenvalue weighted by atomic mass is 10.0. The van der Waals surface area contributed by atoms with E-state index in [-0.39, 0.29) is 11.3 Å². The number of alkyl halides is 3. The molecule has 1 aromatic carbocycles. The van der Waals surface area contributed by atoms with Crippen LogP contribution in [-0.2, 0) is 0 Å². The average Bonchev–Trinajstić information content (AvgIpc) is 2.14. The lowest BCUT2D eigenvalue weighted by Gasteiger charge is -2.14. The third-order valence-corrected chi connectivity index (χ3v) is 2.06. The number of hydrogen-bond donors (Lipinski definition) is 2. The minimum atomic E-state index is -4.53. The van der Waals surface area contributed by atoms with Gasteiger partial charge in [-0.2, -0.15) is 13.2 Å². The van der Waals surface area contributed by atoms with Crippen LogP contribution in [-0.4, -0.2) is 16.2 Å². The third-order valence-electron chi connectivity index (χ3n) is 2.06. The van der Waals surface area contributed by atoms with Gasteiger partial charge in [0.1, 0.15) is 5.75 Å². The monoisotopic (exact) mass is 250 g/mol. The van der Waals surface area contributed by atoms with E-state index in [1.165, 1.54) is 0 Å². The Hall–Kier alpha value is -1.83. The van der Waals surface area contributed by atoms with Crippen LogP contribution in [0.5, 0.6) is 5.75 Å². The van der Waals surface area contributed by atoms with E-state index in [1.807, 2.05) is 0 Å². The van der Waals surface area contributed by atoms with Crippen molar-refractivity contribution in [2.75, 3.05) is 0 Å². The van der Waals surface area contributed by atoms with Crippen molar-refractivity contribution in [3.8, 4) is 5.75 Å². The largest absolute Gasteiger partial charge is 0.508 e. The quantitative estimate of drug-likeness (QED) is 0.636. The fourth-order valence-corrected chi connectivity index (χ4v) is 1.36. The number of hydrogen-bond acceptors (Lipinski definition) is 4. The van der Waals surface area contributed by atoms with E-state index in [9.17, 15) is 23.3 Å². The normalized spacial score (nSPS) is 13.4. The molecule has 0 aliphatic heterocycles. The average molecular weight is 250 g/mol. The predicted molar refractivity (Wildman–Crippen MR) is 52.4 cm³/mol. The lowest BCUT2D eigenvalue weighted by molar-refractivity contribution is -0.385. The number of nitrogens with two attached hydrogens (primary N) is 1. The first-order chi connectivity index (χ1) is 7.70. The van der Waals surface area contributed by atoms with Gasteiger partial charge in [-0.05, 0) is 12.1 Å². The van der Waals surface area contributed by atoms with E-state index in [2.05, 4.69) is 0 Å².